The molecule has 9 nitrogen and oxygen atoms in total. The number of amides is 1. The quantitative estimate of drug-likeness (QED) is 0.660. The topological polar surface area (TPSA) is 112 Å². The molecule has 2 aromatic rings. The zero-order valence-electron chi connectivity index (χ0n) is 18.3. The lowest BCUT2D eigenvalue weighted by atomic mass is 9.82. The number of fused-ring (bicyclic) bond motifs is 3. The second-order valence-corrected chi connectivity index (χ2v) is 10.5. The van der Waals surface area contributed by atoms with Crippen molar-refractivity contribution >= 4 is 34.7 Å². The summed E-state index contributed by atoms with van der Waals surface area (Å²) in [6.07, 6.45) is 3.44. The first-order valence-electron chi connectivity index (χ1n) is 11.6. The van der Waals surface area contributed by atoms with Crippen LogP contribution in [0.5, 0.6) is 0 Å². The molecule has 2 saturated heterocycles. The standard InChI is InChI=1S/C23H27N5O4S/c29-22-26-17-4-2-1-3-16(17)23(32-22)8-10-28(11-9-23)21-25-18-7-14-33(30)19(18)20(27-21)24-15-5-12-31-13-6-15/h1-4,15H,5-14H2,(H,26,29)(H,24,25,27). The van der Waals surface area contributed by atoms with Gasteiger partial charge in [-0.2, -0.15) is 4.98 Å². The zero-order chi connectivity index (χ0) is 22.4. The molecule has 1 atom stereocenters. The molecule has 4 aliphatic heterocycles. The van der Waals surface area contributed by atoms with Crippen LogP contribution >= 0.6 is 0 Å². The minimum Gasteiger partial charge on any atom is -0.611 e. The fourth-order valence-corrected chi connectivity index (χ4v) is 6.57. The highest BCUT2D eigenvalue weighted by molar-refractivity contribution is 7.91. The monoisotopic (exact) mass is 469 g/mol. The molecule has 2 fully saturated rings. The van der Waals surface area contributed by atoms with Crippen molar-refractivity contribution in [3.05, 3.63) is 35.5 Å². The Morgan fingerprint density at radius 1 is 1.18 bits per heavy atom. The summed E-state index contributed by atoms with van der Waals surface area (Å²) in [6.45, 7) is 2.79. The fourth-order valence-electron chi connectivity index (χ4n) is 5.26. The van der Waals surface area contributed by atoms with Gasteiger partial charge in [-0.15, -0.1) is 0 Å². The van der Waals surface area contributed by atoms with Crippen molar-refractivity contribution in [2.24, 2.45) is 0 Å². The highest BCUT2D eigenvalue weighted by Crippen LogP contribution is 2.44. The summed E-state index contributed by atoms with van der Waals surface area (Å²) in [7, 11) is 0. The molecule has 5 heterocycles. The van der Waals surface area contributed by atoms with Crippen LogP contribution < -0.4 is 15.5 Å². The number of ether oxygens (including phenoxy) is 2. The summed E-state index contributed by atoms with van der Waals surface area (Å²) in [4.78, 5) is 24.8. The Balaban J connectivity index is 1.26. The summed E-state index contributed by atoms with van der Waals surface area (Å²) in [5.74, 6) is 1.96. The second kappa shape index (κ2) is 8.34. The molecule has 1 aromatic heterocycles. The van der Waals surface area contributed by atoms with E-state index in [1.54, 1.807) is 0 Å². The number of anilines is 3. The maximum absolute atomic E-state index is 12.7. The lowest BCUT2D eigenvalue weighted by molar-refractivity contribution is -0.00820. The van der Waals surface area contributed by atoms with Gasteiger partial charge in [-0.1, -0.05) is 18.2 Å². The zero-order valence-corrected chi connectivity index (χ0v) is 19.2. The molecule has 0 radical (unpaired) electrons. The Morgan fingerprint density at radius 2 is 1.97 bits per heavy atom. The van der Waals surface area contributed by atoms with Crippen molar-refractivity contribution in [1.29, 1.82) is 0 Å². The minimum atomic E-state index is -1.07. The Labute approximate surface area is 195 Å². The van der Waals surface area contributed by atoms with E-state index in [-0.39, 0.29) is 6.04 Å². The number of benzene rings is 1. The van der Waals surface area contributed by atoms with E-state index < -0.39 is 22.9 Å². The average Bonchev–Trinajstić information content (AvgIpc) is 3.21. The number of hydrogen-bond donors (Lipinski definition) is 2. The third-order valence-electron chi connectivity index (χ3n) is 7.03. The molecule has 6 rings (SSSR count). The number of hydrogen-bond acceptors (Lipinski definition) is 8. The number of piperidine rings is 1. The predicted octanol–water partition coefficient (Wildman–Crippen LogP) is 2.79. The van der Waals surface area contributed by atoms with Gasteiger partial charge < -0.3 is 24.2 Å². The molecule has 0 aliphatic carbocycles. The predicted molar refractivity (Wildman–Crippen MR) is 124 cm³/mol. The van der Waals surface area contributed by atoms with Crippen LogP contribution in [0.2, 0.25) is 0 Å². The first-order valence-corrected chi connectivity index (χ1v) is 12.9. The van der Waals surface area contributed by atoms with Crippen LogP contribution in [-0.2, 0) is 32.7 Å². The van der Waals surface area contributed by atoms with E-state index >= 15 is 0 Å². The van der Waals surface area contributed by atoms with E-state index in [1.165, 1.54) is 0 Å². The summed E-state index contributed by atoms with van der Waals surface area (Å²) in [6, 6.07) is 8.11. The van der Waals surface area contributed by atoms with Gasteiger partial charge in [0.1, 0.15) is 17.0 Å². The molecule has 174 valence electrons. The smallest absolute Gasteiger partial charge is 0.412 e. The van der Waals surface area contributed by atoms with Crippen molar-refractivity contribution < 1.29 is 18.8 Å². The van der Waals surface area contributed by atoms with Crippen LogP contribution in [0.1, 0.15) is 36.9 Å². The molecule has 0 bridgehead atoms. The first-order chi connectivity index (χ1) is 16.1. The van der Waals surface area contributed by atoms with Crippen molar-refractivity contribution in [2.75, 3.05) is 47.6 Å². The third-order valence-corrected chi connectivity index (χ3v) is 8.49. The molecular formula is C23H27N5O4S. The number of carbonyl (C=O) groups excluding carboxylic acids is 1. The van der Waals surface area contributed by atoms with Crippen molar-refractivity contribution in [1.82, 2.24) is 9.97 Å². The number of aromatic nitrogens is 2. The summed E-state index contributed by atoms with van der Waals surface area (Å²) >= 11 is -1.07. The Morgan fingerprint density at radius 3 is 2.79 bits per heavy atom. The number of rotatable bonds is 3. The number of nitrogens with zero attached hydrogens (tertiary/aromatic N) is 3. The molecule has 1 spiro atoms. The van der Waals surface area contributed by atoms with E-state index in [1.807, 2.05) is 24.3 Å². The van der Waals surface area contributed by atoms with Crippen LogP contribution in [0.25, 0.3) is 0 Å². The van der Waals surface area contributed by atoms with Crippen LogP contribution in [0.15, 0.2) is 29.2 Å². The van der Waals surface area contributed by atoms with Crippen LogP contribution in [0.4, 0.5) is 22.2 Å². The number of para-hydroxylation sites is 1. The SMILES string of the molecule is O=C1Nc2ccccc2C2(CCN(c3nc4c(c(NC5CCOCC5)n3)[S+]([O-])CC4)CC2)O1. The van der Waals surface area contributed by atoms with E-state index in [0.29, 0.717) is 49.9 Å². The molecule has 1 unspecified atom stereocenters. The van der Waals surface area contributed by atoms with E-state index in [9.17, 15) is 9.35 Å². The highest BCUT2D eigenvalue weighted by Gasteiger charge is 2.45. The van der Waals surface area contributed by atoms with Crippen LogP contribution in [-0.4, -0.2) is 58.7 Å². The van der Waals surface area contributed by atoms with E-state index in [2.05, 4.69) is 15.5 Å². The molecular weight excluding hydrogens is 442 g/mol. The molecule has 4 aliphatic rings. The van der Waals surface area contributed by atoms with Gasteiger partial charge in [0, 0.05) is 57.2 Å². The third kappa shape index (κ3) is 3.79. The highest BCUT2D eigenvalue weighted by atomic mass is 32.2. The van der Waals surface area contributed by atoms with Gasteiger partial charge in [0.25, 0.3) is 0 Å². The second-order valence-electron chi connectivity index (χ2n) is 9.02. The fraction of sp³-hybridized carbons (Fsp3) is 0.522. The largest absolute Gasteiger partial charge is 0.611 e. The Hall–Kier alpha value is -2.56. The Kier molecular flexibility index (Phi) is 5.31. The minimum absolute atomic E-state index is 0.262. The number of carbonyl (C=O) groups is 1. The van der Waals surface area contributed by atoms with E-state index in [4.69, 9.17) is 19.4 Å². The van der Waals surface area contributed by atoms with Gasteiger partial charge in [-0.3, -0.25) is 5.32 Å². The summed E-state index contributed by atoms with van der Waals surface area (Å²) in [5.41, 5.74) is 2.10. The van der Waals surface area contributed by atoms with Crippen LogP contribution in [0.3, 0.4) is 0 Å². The molecule has 1 aromatic carbocycles. The maximum Gasteiger partial charge on any atom is 0.412 e. The molecule has 10 heteroatoms. The molecule has 0 saturated carbocycles. The van der Waals surface area contributed by atoms with Gasteiger partial charge >= 0.3 is 6.09 Å². The molecule has 2 N–H and O–H groups in total. The molecule has 33 heavy (non-hydrogen) atoms. The van der Waals surface area contributed by atoms with E-state index in [0.717, 1.165) is 47.9 Å². The molecule has 1 amide bonds. The summed E-state index contributed by atoms with van der Waals surface area (Å²) < 4.78 is 24.0. The Bertz CT molecular complexity index is 1070. The van der Waals surface area contributed by atoms with Crippen LogP contribution in [0, 0.1) is 0 Å². The van der Waals surface area contributed by atoms with Crippen molar-refractivity contribution in [3.63, 3.8) is 0 Å². The average molecular weight is 470 g/mol. The van der Waals surface area contributed by atoms with Crippen molar-refractivity contribution in [2.45, 2.75) is 48.6 Å². The number of nitrogens with one attached hydrogen (secondary N) is 2. The lowest BCUT2D eigenvalue weighted by Gasteiger charge is -2.44. The first kappa shape index (κ1) is 21.0. The van der Waals surface area contributed by atoms with Gasteiger partial charge in [-0.05, 0) is 30.1 Å². The lowest BCUT2D eigenvalue weighted by Crippen LogP contribution is -2.48. The number of aryl methyl sites for hydroxylation is 1. The maximum atomic E-state index is 12.7. The van der Waals surface area contributed by atoms with Crippen molar-refractivity contribution in [3.8, 4) is 0 Å². The summed E-state index contributed by atoms with van der Waals surface area (Å²) in [5, 5.41) is 6.35. The van der Waals surface area contributed by atoms with Gasteiger partial charge in [-0.25, -0.2) is 9.78 Å². The van der Waals surface area contributed by atoms with Gasteiger partial charge in [0.15, 0.2) is 5.82 Å². The van der Waals surface area contributed by atoms with Gasteiger partial charge in [0.05, 0.1) is 5.69 Å². The normalized spacial score (nSPS) is 24.1. The van der Waals surface area contributed by atoms with Gasteiger partial charge in [0.2, 0.25) is 10.8 Å².